The summed E-state index contributed by atoms with van der Waals surface area (Å²) in [6, 6.07) is 13.3. The van der Waals surface area contributed by atoms with E-state index in [-0.39, 0.29) is 16.7 Å². The minimum atomic E-state index is -3.72. The second-order valence-corrected chi connectivity index (χ2v) is 8.89. The van der Waals surface area contributed by atoms with Crippen LogP contribution in [0.2, 0.25) is 0 Å². The summed E-state index contributed by atoms with van der Waals surface area (Å²) in [6.07, 6.45) is 1.74. The highest BCUT2D eigenvalue weighted by molar-refractivity contribution is 7.89. The maximum Gasteiger partial charge on any atom is 0.245 e. The lowest BCUT2D eigenvalue weighted by Gasteiger charge is -2.18. The van der Waals surface area contributed by atoms with Crippen molar-refractivity contribution in [2.45, 2.75) is 24.8 Å². The van der Waals surface area contributed by atoms with Crippen molar-refractivity contribution in [1.29, 1.82) is 0 Å². The van der Waals surface area contributed by atoms with Gasteiger partial charge in [-0.05, 0) is 36.2 Å². The van der Waals surface area contributed by atoms with Crippen LogP contribution >= 0.6 is 0 Å². The van der Waals surface area contributed by atoms with E-state index in [0.717, 1.165) is 16.6 Å². The van der Waals surface area contributed by atoms with Crippen molar-refractivity contribution < 1.29 is 12.9 Å². The molecule has 1 atom stereocenters. The highest BCUT2D eigenvalue weighted by Crippen LogP contribution is 2.27. The minimum Gasteiger partial charge on any atom is -0.337 e. The van der Waals surface area contributed by atoms with E-state index in [1.807, 2.05) is 43.7 Å². The molecule has 0 aliphatic rings. The fourth-order valence-electron chi connectivity index (χ4n) is 3.06. The van der Waals surface area contributed by atoms with E-state index in [1.165, 1.54) is 0 Å². The molecule has 4 aromatic rings. The van der Waals surface area contributed by atoms with Crippen molar-refractivity contribution in [3.63, 3.8) is 0 Å². The van der Waals surface area contributed by atoms with Gasteiger partial charge in [-0.3, -0.25) is 0 Å². The zero-order chi connectivity index (χ0) is 20.6. The molecule has 4 rings (SSSR count). The van der Waals surface area contributed by atoms with Crippen LogP contribution in [0, 0.1) is 5.92 Å². The normalized spacial score (nSPS) is 13.2. The Balaban J connectivity index is 1.64. The average Bonchev–Trinajstić information content (AvgIpc) is 3.34. The van der Waals surface area contributed by atoms with E-state index in [4.69, 9.17) is 4.52 Å². The molecule has 8 nitrogen and oxygen atoms in total. The molecule has 0 saturated heterocycles. The number of sulfonamides is 1. The summed E-state index contributed by atoms with van der Waals surface area (Å²) in [7, 11) is -1.80. The van der Waals surface area contributed by atoms with Gasteiger partial charge in [0.1, 0.15) is 6.04 Å². The molecule has 2 aromatic carbocycles. The first-order valence-corrected chi connectivity index (χ1v) is 10.7. The third-order valence-electron chi connectivity index (χ3n) is 4.69. The summed E-state index contributed by atoms with van der Waals surface area (Å²) in [4.78, 5) is 8.98. The first-order valence-electron chi connectivity index (χ1n) is 9.17. The van der Waals surface area contributed by atoms with Crippen molar-refractivity contribution in [3.8, 4) is 11.4 Å². The zero-order valence-electron chi connectivity index (χ0n) is 16.3. The molecule has 0 aliphatic carbocycles. The number of aryl methyl sites for hydroxylation is 1. The molecule has 2 aromatic heterocycles. The number of hydrogen-bond donors (Lipinski definition) is 1. The number of benzene rings is 2. The quantitative estimate of drug-likeness (QED) is 0.522. The zero-order valence-corrected chi connectivity index (χ0v) is 17.1. The number of nitrogens with zero attached hydrogens (tertiary/aromatic N) is 4. The van der Waals surface area contributed by atoms with Crippen LogP contribution in [-0.2, 0) is 17.1 Å². The molecule has 29 heavy (non-hydrogen) atoms. The van der Waals surface area contributed by atoms with Crippen molar-refractivity contribution >= 4 is 21.1 Å². The summed E-state index contributed by atoms with van der Waals surface area (Å²) < 4.78 is 35.5. The van der Waals surface area contributed by atoms with Crippen molar-refractivity contribution in [3.05, 3.63) is 60.7 Å². The second kappa shape index (κ2) is 7.41. The Morgan fingerprint density at radius 3 is 2.59 bits per heavy atom. The van der Waals surface area contributed by atoms with Gasteiger partial charge in [0.05, 0.1) is 22.3 Å². The molecule has 0 saturated carbocycles. The summed E-state index contributed by atoms with van der Waals surface area (Å²) in [5.41, 5.74) is 2.56. The van der Waals surface area contributed by atoms with Gasteiger partial charge in [-0.1, -0.05) is 37.2 Å². The van der Waals surface area contributed by atoms with E-state index in [0.29, 0.717) is 5.82 Å². The van der Waals surface area contributed by atoms with E-state index < -0.39 is 16.1 Å². The van der Waals surface area contributed by atoms with Crippen LogP contribution in [0.15, 0.2) is 64.3 Å². The molecule has 0 spiro atoms. The summed E-state index contributed by atoms with van der Waals surface area (Å²) in [6.45, 7) is 3.78. The minimum absolute atomic E-state index is 0.0972. The van der Waals surface area contributed by atoms with E-state index in [2.05, 4.69) is 19.8 Å². The number of hydrogen-bond acceptors (Lipinski definition) is 6. The lowest BCUT2D eigenvalue weighted by Crippen LogP contribution is -2.32. The number of imidazole rings is 1. The average molecular weight is 411 g/mol. The van der Waals surface area contributed by atoms with Crippen LogP contribution in [0.3, 0.4) is 0 Å². The molecule has 0 aliphatic heterocycles. The number of nitrogens with one attached hydrogen (secondary N) is 1. The summed E-state index contributed by atoms with van der Waals surface area (Å²) >= 11 is 0. The van der Waals surface area contributed by atoms with Gasteiger partial charge in [0.2, 0.25) is 21.7 Å². The number of rotatable bonds is 6. The van der Waals surface area contributed by atoms with Crippen LogP contribution in [0.1, 0.15) is 25.8 Å². The Labute approximate surface area is 168 Å². The molecule has 0 fully saturated rings. The molecule has 0 unspecified atom stereocenters. The van der Waals surface area contributed by atoms with Crippen LogP contribution in [0.25, 0.3) is 22.4 Å². The molecule has 9 heteroatoms. The van der Waals surface area contributed by atoms with Crippen molar-refractivity contribution in [2.75, 3.05) is 0 Å². The smallest absolute Gasteiger partial charge is 0.245 e. The van der Waals surface area contributed by atoms with Crippen LogP contribution in [0.4, 0.5) is 0 Å². The molecule has 0 bridgehead atoms. The fraction of sp³-hybridized carbons (Fsp3) is 0.250. The third-order valence-corrected chi connectivity index (χ3v) is 6.15. The Hall–Kier alpha value is -3.04. The maximum absolute atomic E-state index is 12.7. The Kier molecular flexibility index (Phi) is 4.93. The molecule has 0 amide bonds. The second-order valence-electron chi connectivity index (χ2n) is 7.17. The largest absolute Gasteiger partial charge is 0.337 e. The predicted molar refractivity (Wildman–Crippen MR) is 108 cm³/mol. The Bertz CT molecular complexity index is 1250. The van der Waals surface area contributed by atoms with Crippen LogP contribution < -0.4 is 4.72 Å². The maximum atomic E-state index is 12.7. The molecule has 2 heterocycles. The number of fused-ring (bicyclic) bond motifs is 1. The lowest BCUT2D eigenvalue weighted by atomic mass is 10.1. The standard InChI is InChI=1S/C20H21N5O3S/c1-13(2)18(24-29(26,27)15-7-5-4-6-8-15)20-22-19(23-28-20)14-9-10-17-16(11-14)21-12-25(17)3/h4-13,18,24H,1-3H3/t18-/m0/s1. The van der Waals surface area contributed by atoms with Crippen LogP contribution in [0.5, 0.6) is 0 Å². The summed E-state index contributed by atoms with van der Waals surface area (Å²) in [5.74, 6) is 0.507. The van der Waals surface area contributed by atoms with Crippen LogP contribution in [-0.4, -0.2) is 28.1 Å². The van der Waals surface area contributed by atoms with Crippen molar-refractivity contribution in [1.82, 2.24) is 24.4 Å². The topological polar surface area (TPSA) is 103 Å². The van der Waals surface area contributed by atoms with E-state index in [9.17, 15) is 8.42 Å². The fourth-order valence-corrected chi connectivity index (χ4v) is 4.42. The van der Waals surface area contributed by atoms with E-state index in [1.54, 1.807) is 36.7 Å². The predicted octanol–water partition coefficient (Wildman–Crippen LogP) is 3.30. The molecular weight excluding hydrogens is 390 g/mol. The van der Waals surface area contributed by atoms with Gasteiger partial charge in [0.15, 0.2) is 0 Å². The first-order chi connectivity index (χ1) is 13.8. The van der Waals surface area contributed by atoms with Gasteiger partial charge >= 0.3 is 0 Å². The monoisotopic (exact) mass is 411 g/mol. The van der Waals surface area contributed by atoms with Gasteiger partial charge in [0.25, 0.3) is 0 Å². The number of aromatic nitrogens is 4. The molecule has 1 N–H and O–H groups in total. The molecular formula is C20H21N5O3S. The molecule has 150 valence electrons. The van der Waals surface area contributed by atoms with Gasteiger partial charge in [-0.25, -0.2) is 13.4 Å². The Morgan fingerprint density at radius 1 is 1.10 bits per heavy atom. The Morgan fingerprint density at radius 2 is 1.86 bits per heavy atom. The van der Waals surface area contributed by atoms with E-state index >= 15 is 0 Å². The van der Waals surface area contributed by atoms with Gasteiger partial charge in [0, 0.05) is 12.6 Å². The lowest BCUT2D eigenvalue weighted by molar-refractivity contribution is 0.311. The van der Waals surface area contributed by atoms with Crippen molar-refractivity contribution in [2.24, 2.45) is 13.0 Å². The highest BCUT2D eigenvalue weighted by atomic mass is 32.2. The third kappa shape index (κ3) is 3.79. The molecule has 0 radical (unpaired) electrons. The summed E-state index contributed by atoms with van der Waals surface area (Å²) in [5, 5.41) is 4.05. The van der Waals surface area contributed by atoms with Gasteiger partial charge < -0.3 is 9.09 Å². The van der Waals surface area contributed by atoms with Gasteiger partial charge in [-0.15, -0.1) is 0 Å². The SMILES string of the molecule is CC(C)[C@H](NS(=O)(=O)c1ccccc1)c1nc(-c2ccc3c(c2)ncn3C)no1. The van der Waals surface area contributed by atoms with Gasteiger partial charge in [-0.2, -0.15) is 9.71 Å². The highest BCUT2D eigenvalue weighted by Gasteiger charge is 2.28. The first kappa shape index (κ1) is 19.3.